The summed E-state index contributed by atoms with van der Waals surface area (Å²) in [5.74, 6) is 0. The minimum atomic E-state index is -2.30. The Kier molecular flexibility index (Phi) is 5.01. The van der Waals surface area contributed by atoms with Gasteiger partial charge < -0.3 is 4.55 Å². The lowest BCUT2D eigenvalue weighted by atomic mass is 9.94. The van der Waals surface area contributed by atoms with Crippen molar-refractivity contribution in [2.75, 3.05) is 0 Å². The van der Waals surface area contributed by atoms with Gasteiger partial charge >= 0.3 is 0 Å². The molecule has 0 saturated carbocycles. The molecule has 0 bridgehead atoms. The van der Waals surface area contributed by atoms with E-state index in [4.69, 9.17) is 11.6 Å². The van der Waals surface area contributed by atoms with Gasteiger partial charge in [0.2, 0.25) is 0 Å². The number of nitrogens with zero attached hydrogens (tertiary/aromatic N) is 1. The second-order valence-electron chi connectivity index (χ2n) is 4.67. The molecular weight excluding hydrogens is 306 g/mol. The van der Waals surface area contributed by atoms with E-state index >= 15 is 0 Å². The Balaban J connectivity index is 3.72. The molecule has 1 unspecified atom stereocenters. The van der Waals surface area contributed by atoms with Crippen LogP contribution in [0.1, 0.15) is 42.3 Å². The number of hydrogen-bond donors (Lipinski definition) is 1. The van der Waals surface area contributed by atoms with Crippen LogP contribution in [0.25, 0.3) is 0 Å². The van der Waals surface area contributed by atoms with Crippen molar-refractivity contribution in [1.82, 2.24) is 0 Å². The first-order valence-corrected chi connectivity index (χ1v) is 7.24. The van der Waals surface area contributed by atoms with Crippen LogP contribution in [0.15, 0.2) is 12.1 Å². The average Bonchev–Trinajstić information content (AvgIpc) is 2.36. The van der Waals surface area contributed by atoms with Crippen LogP contribution in [-0.2, 0) is 22.2 Å². The van der Waals surface area contributed by atoms with Gasteiger partial charge in [-0.1, -0.05) is 6.92 Å². The second-order valence-corrected chi connectivity index (χ2v) is 6.53. The molecule has 1 aromatic rings. The zero-order chi connectivity index (χ0) is 15.7. The van der Waals surface area contributed by atoms with E-state index in [0.717, 1.165) is 6.07 Å². The molecule has 6 nitrogen and oxygen atoms in total. The Morgan fingerprint density at radius 1 is 1.50 bits per heavy atom. The van der Waals surface area contributed by atoms with E-state index < -0.39 is 31.7 Å². The zero-order valence-corrected chi connectivity index (χ0v) is 12.7. The molecule has 1 rings (SSSR count). The lowest BCUT2D eigenvalue weighted by Crippen LogP contribution is -2.25. The lowest BCUT2D eigenvalue weighted by molar-refractivity contribution is -0.385. The highest BCUT2D eigenvalue weighted by Gasteiger charge is 2.35. The maximum absolute atomic E-state index is 11.4. The highest BCUT2D eigenvalue weighted by molar-refractivity contribution is 7.80. The quantitative estimate of drug-likeness (QED) is 0.389. The van der Waals surface area contributed by atoms with E-state index in [9.17, 15) is 23.7 Å². The van der Waals surface area contributed by atoms with Crippen LogP contribution < -0.4 is 0 Å². The second kappa shape index (κ2) is 5.99. The van der Waals surface area contributed by atoms with E-state index in [-0.39, 0.29) is 11.1 Å². The van der Waals surface area contributed by atoms with E-state index in [1.165, 1.54) is 19.9 Å². The monoisotopic (exact) mass is 319 g/mol. The molecule has 110 valence electrons. The first-order chi connectivity index (χ1) is 9.12. The van der Waals surface area contributed by atoms with Crippen molar-refractivity contribution in [2.45, 2.75) is 31.9 Å². The fourth-order valence-corrected chi connectivity index (χ4v) is 2.36. The van der Waals surface area contributed by atoms with Crippen molar-refractivity contribution in [3.63, 3.8) is 0 Å². The molecule has 0 spiro atoms. The van der Waals surface area contributed by atoms with E-state index in [2.05, 4.69) is 0 Å². The van der Waals surface area contributed by atoms with Crippen LogP contribution in [0, 0.1) is 10.1 Å². The molecule has 0 aromatic heterocycles. The molecule has 1 atom stereocenters. The number of nitro groups is 1. The Labute approximate surface area is 123 Å². The summed E-state index contributed by atoms with van der Waals surface area (Å²) in [4.78, 5) is 21.8. The third kappa shape index (κ3) is 3.05. The predicted molar refractivity (Wildman–Crippen MR) is 76.5 cm³/mol. The maximum Gasteiger partial charge on any atom is 0.274 e. The van der Waals surface area contributed by atoms with Gasteiger partial charge in [-0.05, 0) is 43.5 Å². The van der Waals surface area contributed by atoms with Gasteiger partial charge in [0, 0.05) is 11.6 Å². The number of rotatable bonds is 5. The van der Waals surface area contributed by atoms with Crippen LogP contribution in [0.2, 0.25) is 0 Å². The van der Waals surface area contributed by atoms with Gasteiger partial charge in [0.25, 0.3) is 10.9 Å². The maximum atomic E-state index is 11.4. The summed E-state index contributed by atoms with van der Waals surface area (Å²) in [7, 11) is 0. The van der Waals surface area contributed by atoms with E-state index in [0.29, 0.717) is 12.0 Å². The highest BCUT2D eigenvalue weighted by atomic mass is 35.5. The predicted octanol–water partition coefficient (Wildman–Crippen LogP) is 2.99. The Morgan fingerprint density at radius 2 is 2.05 bits per heavy atom. The number of carbonyl (C=O) groups excluding carboxylic acids is 1. The van der Waals surface area contributed by atoms with Gasteiger partial charge in [0.1, 0.15) is 0 Å². The Morgan fingerprint density at radius 3 is 2.40 bits per heavy atom. The molecule has 0 radical (unpaired) electrons. The third-order valence-corrected chi connectivity index (χ3v) is 4.39. The lowest BCUT2D eigenvalue weighted by Gasteiger charge is -2.21. The normalized spacial score (nSPS) is 13.1. The molecular formula is C12H14ClNO5S. The molecule has 0 aliphatic heterocycles. The summed E-state index contributed by atoms with van der Waals surface area (Å²) in [5.41, 5.74) is 0.258. The van der Waals surface area contributed by atoms with Crippen LogP contribution >= 0.6 is 11.6 Å². The molecule has 0 aliphatic rings. The molecule has 0 saturated heterocycles. The van der Waals surface area contributed by atoms with E-state index in [1.807, 2.05) is 0 Å². The number of hydrogen-bond acceptors (Lipinski definition) is 4. The van der Waals surface area contributed by atoms with Crippen LogP contribution in [0.4, 0.5) is 5.69 Å². The van der Waals surface area contributed by atoms with Gasteiger partial charge in [0.15, 0.2) is 11.1 Å². The molecule has 0 amide bonds. The smallest absolute Gasteiger partial charge is 0.274 e. The van der Waals surface area contributed by atoms with Crippen molar-refractivity contribution in [2.24, 2.45) is 0 Å². The van der Waals surface area contributed by atoms with Gasteiger partial charge in [-0.3, -0.25) is 14.9 Å². The fraction of sp³-hybridized carbons (Fsp3) is 0.417. The molecule has 0 heterocycles. The van der Waals surface area contributed by atoms with Crippen LogP contribution in [-0.4, -0.2) is 18.9 Å². The standard InChI is InChI=1S/C12H14ClNO5S/c1-4-7-5-9(12(2,3)20(18)19)10(14(16)17)6-8(7)11(13)15/h5-6H,4H2,1-3H3,(H,18,19). The Hall–Kier alpha value is -1.31. The summed E-state index contributed by atoms with van der Waals surface area (Å²) in [6.45, 7) is 4.61. The molecule has 20 heavy (non-hydrogen) atoms. The first-order valence-electron chi connectivity index (χ1n) is 5.75. The SMILES string of the molecule is CCc1cc(C(C)(C)S(=O)O)c([N+](=O)[O-])cc1C(=O)Cl. The van der Waals surface area contributed by atoms with Crippen molar-refractivity contribution >= 4 is 33.6 Å². The summed E-state index contributed by atoms with van der Waals surface area (Å²) in [6, 6.07) is 2.47. The van der Waals surface area contributed by atoms with Crippen LogP contribution in [0.5, 0.6) is 0 Å². The minimum Gasteiger partial charge on any atom is -0.305 e. The molecule has 0 fully saturated rings. The molecule has 1 N–H and O–H groups in total. The van der Waals surface area contributed by atoms with Crippen molar-refractivity contribution in [3.8, 4) is 0 Å². The van der Waals surface area contributed by atoms with Crippen molar-refractivity contribution < 1.29 is 18.5 Å². The van der Waals surface area contributed by atoms with Crippen molar-refractivity contribution in [1.29, 1.82) is 0 Å². The summed E-state index contributed by atoms with van der Waals surface area (Å²) < 4.78 is 19.4. The molecule has 8 heteroatoms. The average molecular weight is 320 g/mol. The topological polar surface area (TPSA) is 97.5 Å². The van der Waals surface area contributed by atoms with Crippen LogP contribution in [0.3, 0.4) is 0 Å². The highest BCUT2D eigenvalue weighted by Crippen LogP contribution is 2.36. The number of carbonyl (C=O) groups is 1. The largest absolute Gasteiger partial charge is 0.305 e. The summed E-state index contributed by atoms with van der Waals surface area (Å²) >= 11 is 3.12. The zero-order valence-electron chi connectivity index (χ0n) is 11.2. The van der Waals surface area contributed by atoms with Gasteiger partial charge in [-0.15, -0.1) is 0 Å². The first kappa shape index (κ1) is 16.7. The number of aryl methyl sites for hydroxylation is 1. The molecule has 0 aliphatic carbocycles. The fourth-order valence-electron chi connectivity index (χ4n) is 1.84. The van der Waals surface area contributed by atoms with Crippen molar-refractivity contribution in [3.05, 3.63) is 38.9 Å². The van der Waals surface area contributed by atoms with Gasteiger partial charge in [-0.2, -0.15) is 0 Å². The van der Waals surface area contributed by atoms with E-state index in [1.54, 1.807) is 6.92 Å². The van der Waals surface area contributed by atoms with Gasteiger partial charge in [0.05, 0.1) is 15.2 Å². The molecule has 1 aromatic carbocycles. The Bertz CT molecular complexity index is 600. The number of nitro benzene ring substituents is 1. The third-order valence-electron chi connectivity index (χ3n) is 3.10. The summed E-state index contributed by atoms with van der Waals surface area (Å²) in [5, 5.41) is 10.3. The number of halogens is 1. The van der Waals surface area contributed by atoms with Gasteiger partial charge in [-0.25, -0.2) is 4.21 Å². The minimum absolute atomic E-state index is 0.0455. The summed E-state index contributed by atoms with van der Waals surface area (Å²) in [6.07, 6.45) is 0.424. The number of benzene rings is 1.